The van der Waals surface area contributed by atoms with Crippen LogP contribution in [0.15, 0.2) is 23.1 Å². The number of unbranched alkanes of at least 4 members (excludes halogenated alkanes) is 1. The van der Waals surface area contributed by atoms with E-state index in [-0.39, 0.29) is 11.9 Å². The van der Waals surface area contributed by atoms with Gasteiger partial charge in [-0.2, -0.15) is 0 Å². The minimum Gasteiger partial charge on any atom is -0.310 e. The second-order valence-electron chi connectivity index (χ2n) is 4.11. The Labute approximate surface area is 106 Å². The van der Waals surface area contributed by atoms with Crippen molar-refractivity contribution in [2.24, 2.45) is 0 Å². The molecule has 3 heteroatoms. The molecule has 1 aliphatic heterocycles. The van der Waals surface area contributed by atoms with Crippen LogP contribution in [0.5, 0.6) is 0 Å². The largest absolute Gasteiger partial charge is 0.310 e. The fraction of sp³-hybridized carbons (Fsp3) is 0.429. The number of terminal acetylenes is 1. The molecular formula is C14H16FNS. The molecule has 1 unspecified atom stereocenters. The lowest BCUT2D eigenvalue weighted by Crippen LogP contribution is -2.25. The summed E-state index contributed by atoms with van der Waals surface area (Å²) in [5.74, 6) is 3.51. The maximum atomic E-state index is 13.6. The van der Waals surface area contributed by atoms with Crippen LogP contribution in [0.4, 0.5) is 4.39 Å². The number of fused-ring (bicyclic) bond motifs is 1. The van der Waals surface area contributed by atoms with Crippen molar-refractivity contribution in [1.82, 2.24) is 5.32 Å². The monoisotopic (exact) mass is 249 g/mol. The molecule has 0 amide bonds. The third kappa shape index (κ3) is 3.02. The summed E-state index contributed by atoms with van der Waals surface area (Å²) >= 11 is 1.62. The van der Waals surface area contributed by atoms with Crippen LogP contribution in [-0.4, -0.2) is 12.3 Å². The molecule has 1 aromatic rings. The Balaban J connectivity index is 2.02. The summed E-state index contributed by atoms with van der Waals surface area (Å²) in [7, 11) is 0. The highest BCUT2D eigenvalue weighted by molar-refractivity contribution is 7.99. The van der Waals surface area contributed by atoms with Gasteiger partial charge in [0.15, 0.2) is 0 Å². The van der Waals surface area contributed by atoms with Crippen molar-refractivity contribution in [1.29, 1.82) is 0 Å². The number of halogens is 1. The Morgan fingerprint density at radius 3 is 3.24 bits per heavy atom. The van der Waals surface area contributed by atoms with E-state index in [1.807, 2.05) is 6.07 Å². The molecule has 17 heavy (non-hydrogen) atoms. The van der Waals surface area contributed by atoms with Crippen LogP contribution in [0.1, 0.15) is 30.9 Å². The van der Waals surface area contributed by atoms with Crippen molar-refractivity contribution in [2.75, 3.05) is 12.3 Å². The predicted octanol–water partition coefficient (Wildman–Crippen LogP) is 3.37. The van der Waals surface area contributed by atoms with E-state index in [9.17, 15) is 4.39 Å². The number of benzene rings is 1. The van der Waals surface area contributed by atoms with Crippen molar-refractivity contribution >= 4 is 11.8 Å². The first-order valence-electron chi connectivity index (χ1n) is 5.91. The third-order valence-electron chi connectivity index (χ3n) is 2.91. The molecule has 2 rings (SSSR count). The van der Waals surface area contributed by atoms with Gasteiger partial charge in [-0.25, -0.2) is 4.39 Å². The number of hydrogen-bond acceptors (Lipinski definition) is 2. The summed E-state index contributed by atoms with van der Waals surface area (Å²) in [6.45, 7) is 0.898. The lowest BCUT2D eigenvalue weighted by molar-refractivity contribution is 0.493. The minimum atomic E-state index is -0.0948. The van der Waals surface area contributed by atoms with Gasteiger partial charge in [-0.1, -0.05) is 12.1 Å². The van der Waals surface area contributed by atoms with Crippen molar-refractivity contribution < 1.29 is 4.39 Å². The smallest absolute Gasteiger partial charge is 0.137 e. The number of rotatable bonds is 4. The summed E-state index contributed by atoms with van der Waals surface area (Å²) in [5, 5.41) is 3.46. The highest BCUT2D eigenvalue weighted by Gasteiger charge is 2.22. The zero-order valence-electron chi connectivity index (χ0n) is 9.71. The molecule has 90 valence electrons. The van der Waals surface area contributed by atoms with Gasteiger partial charge in [-0.05, 0) is 36.8 Å². The molecule has 1 atom stereocenters. The van der Waals surface area contributed by atoms with Gasteiger partial charge >= 0.3 is 0 Å². The highest BCUT2D eigenvalue weighted by Crippen LogP contribution is 2.37. The van der Waals surface area contributed by atoms with Gasteiger partial charge in [-0.3, -0.25) is 0 Å². The van der Waals surface area contributed by atoms with Gasteiger partial charge in [-0.15, -0.1) is 24.1 Å². The first-order valence-corrected chi connectivity index (χ1v) is 6.89. The van der Waals surface area contributed by atoms with Crippen LogP contribution in [0.3, 0.4) is 0 Å². The standard InChI is InChI=1S/C14H16FNS/c1-2-3-4-9-16-13-8-10-17-14-11(13)6-5-7-12(14)15/h1,5-7,13,16H,3-4,8-10H2. The Kier molecular flexibility index (Phi) is 4.47. The van der Waals surface area contributed by atoms with Crippen LogP contribution in [0.25, 0.3) is 0 Å². The first kappa shape index (κ1) is 12.5. The topological polar surface area (TPSA) is 12.0 Å². The number of thioether (sulfide) groups is 1. The van der Waals surface area contributed by atoms with E-state index in [1.165, 1.54) is 6.07 Å². The van der Waals surface area contributed by atoms with Crippen molar-refractivity contribution in [2.45, 2.75) is 30.2 Å². The normalized spacial score (nSPS) is 18.5. The van der Waals surface area contributed by atoms with E-state index in [0.717, 1.165) is 42.0 Å². The molecule has 0 aliphatic carbocycles. The number of hydrogen-bond donors (Lipinski definition) is 1. The maximum absolute atomic E-state index is 13.6. The molecule has 1 aromatic carbocycles. The zero-order valence-corrected chi connectivity index (χ0v) is 10.5. The summed E-state index contributed by atoms with van der Waals surface area (Å²) in [5.41, 5.74) is 1.10. The van der Waals surface area contributed by atoms with Gasteiger partial charge < -0.3 is 5.32 Å². The second-order valence-corrected chi connectivity index (χ2v) is 5.21. The lowest BCUT2D eigenvalue weighted by Gasteiger charge is -2.26. The molecule has 0 fully saturated rings. The summed E-state index contributed by atoms with van der Waals surface area (Å²) < 4.78 is 13.6. The molecule has 1 N–H and O–H groups in total. The molecule has 1 heterocycles. The zero-order chi connectivity index (χ0) is 12.1. The molecule has 0 saturated carbocycles. The van der Waals surface area contributed by atoms with E-state index < -0.39 is 0 Å². The molecule has 1 aliphatic rings. The van der Waals surface area contributed by atoms with Gasteiger partial charge in [0.1, 0.15) is 5.82 Å². The average Bonchev–Trinajstić information content (AvgIpc) is 2.36. The molecule has 1 nitrogen and oxygen atoms in total. The summed E-state index contributed by atoms with van der Waals surface area (Å²) in [4.78, 5) is 0.813. The van der Waals surface area contributed by atoms with E-state index in [2.05, 4.69) is 11.2 Å². The van der Waals surface area contributed by atoms with Gasteiger partial charge in [0.25, 0.3) is 0 Å². The number of nitrogens with one attached hydrogen (secondary N) is 1. The van der Waals surface area contributed by atoms with Crippen LogP contribution in [0.2, 0.25) is 0 Å². The van der Waals surface area contributed by atoms with E-state index in [4.69, 9.17) is 6.42 Å². The van der Waals surface area contributed by atoms with Crippen LogP contribution >= 0.6 is 11.8 Å². The molecule has 0 saturated heterocycles. The molecule has 0 aromatic heterocycles. The molecular weight excluding hydrogens is 233 g/mol. The van der Waals surface area contributed by atoms with Gasteiger partial charge in [0.05, 0.1) is 0 Å². The van der Waals surface area contributed by atoms with Gasteiger partial charge in [0.2, 0.25) is 0 Å². The summed E-state index contributed by atoms with van der Waals surface area (Å²) in [6, 6.07) is 5.62. The second kappa shape index (κ2) is 6.09. The minimum absolute atomic E-state index is 0.0948. The highest BCUT2D eigenvalue weighted by atomic mass is 32.2. The molecule has 0 spiro atoms. The van der Waals surface area contributed by atoms with Crippen molar-refractivity contribution in [3.63, 3.8) is 0 Å². The SMILES string of the molecule is C#CCCCNC1CCSc2c(F)cccc21. The predicted molar refractivity (Wildman–Crippen MR) is 70.6 cm³/mol. The maximum Gasteiger partial charge on any atom is 0.137 e. The Morgan fingerprint density at radius 2 is 2.41 bits per heavy atom. The van der Waals surface area contributed by atoms with Gasteiger partial charge in [0, 0.05) is 17.4 Å². The van der Waals surface area contributed by atoms with E-state index in [0.29, 0.717) is 0 Å². The molecule has 0 bridgehead atoms. The first-order chi connectivity index (χ1) is 8.33. The van der Waals surface area contributed by atoms with E-state index >= 15 is 0 Å². The van der Waals surface area contributed by atoms with Crippen molar-refractivity contribution in [3.05, 3.63) is 29.6 Å². The third-order valence-corrected chi connectivity index (χ3v) is 4.07. The fourth-order valence-electron chi connectivity index (χ4n) is 2.07. The Bertz CT molecular complexity index is 425. The fourth-order valence-corrected chi connectivity index (χ4v) is 3.21. The molecule has 0 radical (unpaired) electrons. The Hall–Kier alpha value is -0.980. The van der Waals surface area contributed by atoms with E-state index in [1.54, 1.807) is 17.8 Å². The van der Waals surface area contributed by atoms with Crippen LogP contribution < -0.4 is 5.32 Å². The summed E-state index contributed by atoms with van der Waals surface area (Å²) in [6.07, 6.45) is 8.04. The quantitative estimate of drug-likeness (QED) is 0.648. The van der Waals surface area contributed by atoms with Crippen molar-refractivity contribution in [3.8, 4) is 12.3 Å². The average molecular weight is 249 g/mol. The van der Waals surface area contributed by atoms with Crippen LogP contribution in [-0.2, 0) is 0 Å². The lowest BCUT2D eigenvalue weighted by atomic mass is 10.0. The van der Waals surface area contributed by atoms with Crippen LogP contribution in [0, 0.1) is 18.2 Å². The Morgan fingerprint density at radius 1 is 1.53 bits per heavy atom.